The van der Waals surface area contributed by atoms with Gasteiger partial charge in [0.25, 0.3) is 0 Å². The van der Waals surface area contributed by atoms with Gasteiger partial charge in [0.05, 0.1) is 5.01 Å². The summed E-state index contributed by atoms with van der Waals surface area (Å²) in [5.41, 5.74) is 7.42. The fourth-order valence-corrected chi connectivity index (χ4v) is 2.32. The molecular weight excluding hydrogens is 220 g/mol. The predicted molar refractivity (Wildman–Crippen MR) is 65.9 cm³/mol. The Morgan fingerprint density at radius 1 is 1.38 bits per heavy atom. The van der Waals surface area contributed by atoms with Crippen LogP contribution in [0.1, 0.15) is 25.8 Å². The molecule has 1 heterocycles. The summed E-state index contributed by atoms with van der Waals surface area (Å²) < 4.78 is 0. The number of thiazole rings is 1. The number of nitrogen functional groups attached to an aromatic ring is 1. The van der Waals surface area contributed by atoms with Gasteiger partial charge in [-0.25, -0.2) is 4.98 Å². The molecule has 0 aliphatic heterocycles. The van der Waals surface area contributed by atoms with Crippen LogP contribution in [0.5, 0.6) is 0 Å². The molecule has 0 aliphatic rings. The van der Waals surface area contributed by atoms with E-state index in [2.05, 4.69) is 4.98 Å². The number of nitrogens with two attached hydrogens (primary N) is 1. The zero-order valence-corrected chi connectivity index (χ0v) is 9.97. The summed E-state index contributed by atoms with van der Waals surface area (Å²) in [6, 6.07) is 7.48. The lowest BCUT2D eigenvalue weighted by molar-refractivity contribution is 0.104. The van der Waals surface area contributed by atoms with Crippen molar-refractivity contribution in [1.82, 2.24) is 4.98 Å². The number of benzene rings is 1. The molecule has 0 saturated carbocycles. The molecule has 0 unspecified atom stereocenters. The Labute approximate surface area is 97.9 Å². The number of nitrogens with zero attached hydrogens (tertiary/aromatic N) is 1. The van der Waals surface area contributed by atoms with E-state index < -0.39 is 0 Å². The lowest BCUT2D eigenvalue weighted by Crippen LogP contribution is -2.02. The third-order valence-corrected chi connectivity index (χ3v) is 3.23. The minimum Gasteiger partial charge on any atom is -0.382 e. The number of aryl methyl sites for hydroxylation is 2. The Hall–Kier alpha value is -1.68. The number of anilines is 1. The third kappa shape index (κ3) is 1.97. The summed E-state index contributed by atoms with van der Waals surface area (Å²) in [7, 11) is 0. The van der Waals surface area contributed by atoms with E-state index in [0.29, 0.717) is 16.3 Å². The van der Waals surface area contributed by atoms with Crippen LogP contribution in [-0.2, 0) is 0 Å². The summed E-state index contributed by atoms with van der Waals surface area (Å²) in [6.07, 6.45) is 0. The van der Waals surface area contributed by atoms with Gasteiger partial charge in [-0.05, 0) is 19.9 Å². The number of carbonyl (C=O) groups is 1. The van der Waals surface area contributed by atoms with Gasteiger partial charge in [-0.3, -0.25) is 4.79 Å². The molecule has 0 atom stereocenters. The van der Waals surface area contributed by atoms with Crippen LogP contribution in [0.2, 0.25) is 0 Å². The van der Waals surface area contributed by atoms with Gasteiger partial charge < -0.3 is 5.73 Å². The summed E-state index contributed by atoms with van der Waals surface area (Å²) in [5.74, 6) is 0.279. The SMILES string of the molecule is Cc1cccc(C(=O)c2sc(C)nc2N)c1. The van der Waals surface area contributed by atoms with Gasteiger partial charge in [0.15, 0.2) is 0 Å². The summed E-state index contributed by atoms with van der Waals surface area (Å²) in [5, 5.41) is 0.813. The van der Waals surface area contributed by atoms with Gasteiger partial charge in [-0.2, -0.15) is 0 Å². The molecule has 0 saturated heterocycles. The van der Waals surface area contributed by atoms with Crippen molar-refractivity contribution in [2.45, 2.75) is 13.8 Å². The molecule has 16 heavy (non-hydrogen) atoms. The number of rotatable bonds is 2. The summed E-state index contributed by atoms with van der Waals surface area (Å²) in [4.78, 5) is 16.7. The van der Waals surface area contributed by atoms with Crippen molar-refractivity contribution in [1.29, 1.82) is 0 Å². The van der Waals surface area contributed by atoms with Crippen LogP contribution in [0.3, 0.4) is 0 Å². The molecule has 0 radical (unpaired) electrons. The van der Waals surface area contributed by atoms with Crippen molar-refractivity contribution in [2.24, 2.45) is 0 Å². The summed E-state index contributed by atoms with van der Waals surface area (Å²) in [6.45, 7) is 3.80. The van der Waals surface area contributed by atoms with Gasteiger partial charge >= 0.3 is 0 Å². The van der Waals surface area contributed by atoms with E-state index >= 15 is 0 Å². The van der Waals surface area contributed by atoms with Crippen molar-refractivity contribution in [3.63, 3.8) is 0 Å². The van der Waals surface area contributed by atoms with Crippen LogP contribution in [0.25, 0.3) is 0 Å². The van der Waals surface area contributed by atoms with Gasteiger partial charge in [0, 0.05) is 5.56 Å². The monoisotopic (exact) mass is 232 g/mol. The number of hydrogen-bond acceptors (Lipinski definition) is 4. The molecule has 0 bridgehead atoms. The standard InChI is InChI=1S/C12H12N2OS/c1-7-4-3-5-9(6-7)10(15)11-12(13)14-8(2)16-11/h3-6H,13H2,1-2H3. The van der Waals surface area contributed by atoms with Crippen molar-refractivity contribution < 1.29 is 4.79 Å². The minimum absolute atomic E-state index is 0.0493. The maximum Gasteiger partial charge on any atom is 0.206 e. The van der Waals surface area contributed by atoms with Gasteiger partial charge in [-0.1, -0.05) is 23.8 Å². The number of hydrogen-bond donors (Lipinski definition) is 1. The molecule has 82 valence electrons. The number of carbonyl (C=O) groups excluding carboxylic acids is 1. The van der Waals surface area contributed by atoms with E-state index in [9.17, 15) is 4.79 Å². The van der Waals surface area contributed by atoms with Crippen molar-refractivity contribution in [2.75, 3.05) is 5.73 Å². The van der Waals surface area contributed by atoms with Crippen LogP contribution in [-0.4, -0.2) is 10.8 Å². The maximum atomic E-state index is 12.1. The van der Waals surface area contributed by atoms with Gasteiger partial charge in [0.2, 0.25) is 5.78 Å². The van der Waals surface area contributed by atoms with Crippen molar-refractivity contribution >= 4 is 22.9 Å². The molecule has 0 fully saturated rings. The highest BCUT2D eigenvalue weighted by Crippen LogP contribution is 2.23. The minimum atomic E-state index is -0.0493. The average molecular weight is 232 g/mol. The molecule has 0 spiro atoms. The van der Waals surface area contributed by atoms with Crippen LogP contribution >= 0.6 is 11.3 Å². The first kappa shape index (κ1) is 10.8. The fourth-order valence-electron chi connectivity index (χ4n) is 1.52. The van der Waals surface area contributed by atoms with Crippen LogP contribution < -0.4 is 5.73 Å². The molecule has 4 heteroatoms. The van der Waals surface area contributed by atoms with E-state index in [4.69, 9.17) is 5.73 Å². The van der Waals surface area contributed by atoms with Crippen LogP contribution in [0, 0.1) is 13.8 Å². The molecule has 0 aliphatic carbocycles. The Morgan fingerprint density at radius 2 is 2.12 bits per heavy atom. The Kier molecular flexibility index (Phi) is 2.75. The smallest absolute Gasteiger partial charge is 0.206 e. The first-order valence-corrected chi connectivity index (χ1v) is 5.74. The first-order valence-electron chi connectivity index (χ1n) is 4.92. The van der Waals surface area contributed by atoms with Gasteiger partial charge in [0.1, 0.15) is 10.7 Å². The Balaban J connectivity index is 2.43. The molecule has 0 amide bonds. The van der Waals surface area contributed by atoms with Crippen molar-refractivity contribution in [3.8, 4) is 0 Å². The second-order valence-electron chi connectivity index (χ2n) is 3.65. The molecule has 3 nitrogen and oxygen atoms in total. The number of aromatic nitrogens is 1. The van der Waals surface area contributed by atoms with E-state index in [1.807, 2.05) is 32.0 Å². The highest BCUT2D eigenvalue weighted by molar-refractivity contribution is 7.14. The van der Waals surface area contributed by atoms with Crippen LogP contribution in [0.4, 0.5) is 5.82 Å². The second kappa shape index (κ2) is 4.06. The zero-order chi connectivity index (χ0) is 11.7. The highest BCUT2D eigenvalue weighted by Gasteiger charge is 2.16. The van der Waals surface area contributed by atoms with E-state index in [0.717, 1.165) is 10.6 Å². The Morgan fingerprint density at radius 3 is 2.69 bits per heavy atom. The molecular formula is C12H12N2OS. The topological polar surface area (TPSA) is 56.0 Å². The first-order chi connectivity index (χ1) is 7.58. The van der Waals surface area contributed by atoms with Crippen LogP contribution in [0.15, 0.2) is 24.3 Å². The van der Waals surface area contributed by atoms with Crippen molar-refractivity contribution in [3.05, 3.63) is 45.3 Å². The fraction of sp³-hybridized carbons (Fsp3) is 0.167. The summed E-state index contributed by atoms with van der Waals surface area (Å²) >= 11 is 1.34. The lowest BCUT2D eigenvalue weighted by Gasteiger charge is -1.99. The Bertz CT molecular complexity index is 546. The maximum absolute atomic E-state index is 12.1. The quantitative estimate of drug-likeness (QED) is 0.810. The van der Waals surface area contributed by atoms with E-state index in [1.165, 1.54) is 11.3 Å². The second-order valence-corrected chi connectivity index (χ2v) is 4.85. The molecule has 2 N–H and O–H groups in total. The number of ketones is 1. The molecule has 2 rings (SSSR count). The molecule has 2 aromatic rings. The predicted octanol–water partition coefficient (Wildman–Crippen LogP) is 2.57. The molecule has 1 aromatic heterocycles. The normalized spacial score (nSPS) is 10.4. The van der Waals surface area contributed by atoms with E-state index in [1.54, 1.807) is 6.07 Å². The average Bonchev–Trinajstić information content (AvgIpc) is 2.57. The third-order valence-electron chi connectivity index (χ3n) is 2.25. The zero-order valence-electron chi connectivity index (χ0n) is 9.15. The molecule has 1 aromatic carbocycles. The highest BCUT2D eigenvalue weighted by atomic mass is 32.1. The van der Waals surface area contributed by atoms with E-state index in [-0.39, 0.29) is 5.78 Å². The largest absolute Gasteiger partial charge is 0.382 e. The van der Waals surface area contributed by atoms with Gasteiger partial charge in [-0.15, -0.1) is 11.3 Å². The lowest BCUT2D eigenvalue weighted by atomic mass is 10.1.